The number of carbonyl (C=O) groups is 4. The molecule has 1 atom stereocenters. The van der Waals surface area contributed by atoms with E-state index in [1.807, 2.05) is 49.3 Å². The van der Waals surface area contributed by atoms with Gasteiger partial charge in [0.15, 0.2) is 5.82 Å². The average Bonchev–Trinajstić information content (AvgIpc) is 3.02. The number of benzene rings is 1. The van der Waals surface area contributed by atoms with Gasteiger partial charge in [-0.05, 0) is 27.4 Å². The van der Waals surface area contributed by atoms with Crippen LogP contribution < -0.4 is 10.6 Å². The quantitative estimate of drug-likeness (QED) is 0.183. The molecule has 0 bridgehead atoms. The van der Waals surface area contributed by atoms with Gasteiger partial charge in [0.1, 0.15) is 17.6 Å². The minimum Gasteiger partial charge on any atom is -0.481 e. The molecule has 0 aliphatic carbocycles. The van der Waals surface area contributed by atoms with Gasteiger partial charge in [-0.1, -0.05) is 30.3 Å². The van der Waals surface area contributed by atoms with Crippen LogP contribution in [0.1, 0.15) is 30.3 Å². The minimum absolute atomic E-state index is 0.0430. The molecule has 16 nitrogen and oxygen atoms in total. The summed E-state index contributed by atoms with van der Waals surface area (Å²) in [5, 5.41) is 15.1. The molecule has 1 fully saturated rings. The summed E-state index contributed by atoms with van der Waals surface area (Å²) in [5.74, 6) is -1.34. The van der Waals surface area contributed by atoms with Crippen molar-refractivity contribution >= 4 is 39.8 Å². The summed E-state index contributed by atoms with van der Waals surface area (Å²) in [6.45, 7) is 4.32. The fourth-order valence-electron chi connectivity index (χ4n) is 4.08. The van der Waals surface area contributed by atoms with Crippen molar-refractivity contribution in [3.63, 3.8) is 0 Å². The van der Waals surface area contributed by atoms with Crippen molar-refractivity contribution in [2.45, 2.75) is 31.3 Å². The summed E-state index contributed by atoms with van der Waals surface area (Å²) in [5.41, 5.74) is -4.78. The summed E-state index contributed by atoms with van der Waals surface area (Å²) >= 11 is 0. The number of aliphatic carboxylic acids is 1. The maximum Gasteiger partial charge on any atom is 0.522 e. The number of piperazine rings is 1. The van der Waals surface area contributed by atoms with Gasteiger partial charge in [-0.15, -0.1) is 0 Å². The van der Waals surface area contributed by atoms with Crippen LogP contribution in [0.2, 0.25) is 0 Å². The van der Waals surface area contributed by atoms with E-state index in [1.54, 1.807) is 6.92 Å². The summed E-state index contributed by atoms with van der Waals surface area (Å²) in [4.78, 5) is 64.1. The van der Waals surface area contributed by atoms with E-state index in [-0.39, 0.29) is 51.3 Å². The number of likely N-dealkylation sites (N-methyl/N-ethyl adjacent to an activating group) is 1. The summed E-state index contributed by atoms with van der Waals surface area (Å²) in [6, 6.07) is 9.62. The third-order valence-corrected chi connectivity index (χ3v) is 7.10. The smallest absolute Gasteiger partial charge is 0.481 e. The molecule has 0 radical (unpaired) electrons. The maximum atomic E-state index is 13.4. The van der Waals surface area contributed by atoms with E-state index in [9.17, 15) is 37.5 Å². The lowest BCUT2D eigenvalue weighted by molar-refractivity contribution is -0.138. The van der Waals surface area contributed by atoms with E-state index in [0.29, 0.717) is 23.8 Å². The Bertz CT molecular complexity index is 1510. The van der Waals surface area contributed by atoms with Gasteiger partial charge < -0.3 is 35.2 Å². The molecule has 3 rings (SSSR count). The lowest BCUT2D eigenvalue weighted by atomic mass is 10.1. The lowest BCUT2D eigenvalue weighted by Crippen LogP contribution is -2.56. The third-order valence-electron chi connectivity index (χ3n) is 6.52. The van der Waals surface area contributed by atoms with E-state index in [0.717, 1.165) is 6.54 Å². The van der Waals surface area contributed by atoms with Crippen molar-refractivity contribution < 1.29 is 55.2 Å². The highest BCUT2D eigenvalue weighted by Crippen LogP contribution is 2.21. The highest BCUT2D eigenvalue weighted by Gasteiger charge is 2.44. The molecule has 4 N–H and O–H groups in total. The third kappa shape index (κ3) is 12.9. The Morgan fingerprint density at radius 3 is 2.15 bits per heavy atom. The molecule has 1 aromatic heterocycles. The molecular formula is C28H38F3N7O9S. The minimum atomic E-state index is -5.84. The van der Waals surface area contributed by atoms with Gasteiger partial charge in [0, 0.05) is 57.3 Å². The number of amides is 3. The van der Waals surface area contributed by atoms with E-state index in [2.05, 4.69) is 20.6 Å². The number of carboxylic acid groups (broad SMARTS) is 1. The topological polar surface area (TPSA) is 212 Å². The molecule has 0 unspecified atom stereocenters. The molecule has 1 aliphatic heterocycles. The van der Waals surface area contributed by atoms with Crippen LogP contribution in [0.5, 0.6) is 0 Å². The number of halogens is 3. The van der Waals surface area contributed by atoms with Crippen molar-refractivity contribution in [2.24, 2.45) is 0 Å². The van der Waals surface area contributed by atoms with Gasteiger partial charge in [-0.3, -0.25) is 18.9 Å². The zero-order valence-corrected chi connectivity index (χ0v) is 27.3. The number of rotatable bonds is 12. The monoisotopic (exact) mass is 705 g/mol. The zero-order valence-electron chi connectivity index (χ0n) is 26.4. The van der Waals surface area contributed by atoms with Crippen LogP contribution in [0.4, 0.5) is 23.8 Å². The highest BCUT2D eigenvalue weighted by atomic mass is 32.2. The van der Waals surface area contributed by atoms with Gasteiger partial charge in [0.25, 0.3) is 5.91 Å². The van der Waals surface area contributed by atoms with Crippen LogP contribution in [0, 0.1) is 0 Å². The van der Waals surface area contributed by atoms with Gasteiger partial charge >= 0.3 is 27.7 Å². The first-order chi connectivity index (χ1) is 22.4. The molecule has 3 amide bonds. The fraction of sp³-hybridized carbons (Fsp3) is 0.500. The summed E-state index contributed by atoms with van der Waals surface area (Å²) in [6.07, 6.45) is -0.850. The Hall–Kier alpha value is -4.56. The molecule has 0 saturated carbocycles. The number of hydrogen-bond acceptors (Lipinski definition) is 11. The van der Waals surface area contributed by atoms with Crippen molar-refractivity contribution in [1.29, 1.82) is 0 Å². The number of hydrogen-bond donors (Lipinski definition) is 4. The van der Waals surface area contributed by atoms with Crippen LogP contribution in [0.25, 0.3) is 11.4 Å². The normalized spacial score (nSPS) is 14.0. The second kappa shape index (κ2) is 18.1. The van der Waals surface area contributed by atoms with E-state index in [4.69, 9.17) is 17.7 Å². The van der Waals surface area contributed by atoms with Crippen LogP contribution in [0.15, 0.2) is 36.4 Å². The number of carbonyl (C=O) groups excluding carboxylic acids is 3. The van der Waals surface area contributed by atoms with Crippen LogP contribution in [-0.2, 0) is 24.4 Å². The summed E-state index contributed by atoms with van der Waals surface area (Å²) < 4.78 is 62.6. The molecule has 20 heteroatoms. The van der Waals surface area contributed by atoms with Gasteiger partial charge in [-0.2, -0.15) is 21.6 Å². The standard InChI is InChI=1S/C27H37N7O6.CHF3O3S/c1-4-40-27(39)34-16-14-33(15-17-34)26(38)20(10-11-23(35)36)30-25(37)21-18-22(28-12-13-32(2)3)31-24(29-21)19-8-6-5-7-9-19;2-1(3,4)8(5,6)7/h5-9,18,20H,4,10-17H2,1-3H3,(H,30,37)(H,35,36)(H,28,29,31);(H,5,6,7)/t20-;/m0./s1. The van der Waals surface area contributed by atoms with E-state index >= 15 is 0 Å². The van der Waals surface area contributed by atoms with Crippen LogP contribution in [-0.4, -0.2) is 138 Å². The molecule has 266 valence electrons. The second-order valence-corrected chi connectivity index (χ2v) is 11.9. The predicted octanol–water partition coefficient (Wildman–Crippen LogP) is 1.78. The van der Waals surface area contributed by atoms with Gasteiger partial charge in [0.05, 0.1) is 6.61 Å². The summed E-state index contributed by atoms with van der Waals surface area (Å²) in [7, 11) is -1.95. The van der Waals surface area contributed by atoms with Crippen molar-refractivity contribution in [1.82, 2.24) is 30.0 Å². The Labute approximate surface area is 275 Å². The number of alkyl halides is 3. The van der Waals surface area contributed by atoms with E-state index in [1.165, 1.54) is 15.9 Å². The molecule has 1 aromatic carbocycles. The Balaban J connectivity index is 0.000000886. The van der Waals surface area contributed by atoms with Crippen LogP contribution in [0.3, 0.4) is 0 Å². The first kappa shape index (κ1) is 39.6. The molecule has 48 heavy (non-hydrogen) atoms. The Morgan fingerprint density at radius 1 is 1.04 bits per heavy atom. The first-order valence-corrected chi connectivity index (χ1v) is 16.0. The SMILES string of the molecule is CCOC(=O)N1CCN(C(=O)[C@H](CCC(=O)O)NC(=O)c2cc(NCCN(C)C)nc(-c3ccccc3)n2)CC1.O=S(=O)(O)C(F)(F)F. The second-order valence-electron chi connectivity index (χ2n) is 10.4. The molecule has 2 heterocycles. The Morgan fingerprint density at radius 2 is 1.62 bits per heavy atom. The van der Waals surface area contributed by atoms with Crippen molar-refractivity contribution in [3.05, 3.63) is 42.1 Å². The van der Waals surface area contributed by atoms with Crippen molar-refractivity contribution in [3.8, 4) is 11.4 Å². The lowest BCUT2D eigenvalue weighted by Gasteiger charge is -2.35. The van der Waals surface area contributed by atoms with Crippen LogP contribution >= 0.6 is 0 Å². The molecule has 2 aromatic rings. The molecule has 1 saturated heterocycles. The highest BCUT2D eigenvalue weighted by molar-refractivity contribution is 7.86. The number of aromatic nitrogens is 2. The van der Waals surface area contributed by atoms with Gasteiger partial charge in [0.2, 0.25) is 5.91 Å². The molecule has 0 spiro atoms. The van der Waals surface area contributed by atoms with Crippen molar-refractivity contribution in [2.75, 3.05) is 65.3 Å². The molecular weight excluding hydrogens is 667 g/mol. The molecule has 1 aliphatic rings. The largest absolute Gasteiger partial charge is 0.522 e. The number of anilines is 1. The Kier molecular flexibility index (Phi) is 14.9. The maximum absolute atomic E-state index is 13.4. The number of carboxylic acids is 1. The number of ether oxygens (including phenoxy) is 1. The number of nitrogens with zero attached hydrogens (tertiary/aromatic N) is 5. The average molecular weight is 706 g/mol. The fourth-order valence-corrected chi connectivity index (χ4v) is 4.08. The number of nitrogens with one attached hydrogen (secondary N) is 2. The van der Waals surface area contributed by atoms with Gasteiger partial charge in [-0.25, -0.2) is 14.8 Å². The zero-order chi connectivity index (χ0) is 36.1. The predicted molar refractivity (Wildman–Crippen MR) is 165 cm³/mol. The van der Waals surface area contributed by atoms with E-state index < -0.39 is 45.5 Å². The first-order valence-electron chi connectivity index (χ1n) is 14.5.